The van der Waals surface area contributed by atoms with Gasteiger partial charge in [-0.05, 0) is 100.0 Å². The quantitative estimate of drug-likeness (QED) is 0.186. The lowest BCUT2D eigenvalue weighted by atomic mass is 9.97. The van der Waals surface area contributed by atoms with Gasteiger partial charge in [-0.15, -0.1) is 0 Å². The van der Waals surface area contributed by atoms with Crippen molar-refractivity contribution in [1.29, 1.82) is 0 Å². The Morgan fingerprint density at radius 1 is 0.842 bits per heavy atom. The van der Waals surface area contributed by atoms with E-state index in [4.69, 9.17) is 0 Å². The van der Waals surface area contributed by atoms with Gasteiger partial charge in [-0.25, -0.2) is 0 Å². The van der Waals surface area contributed by atoms with Gasteiger partial charge < -0.3 is 10.2 Å². The lowest BCUT2D eigenvalue weighted by molar-refractivity contribution is -0.385. The average Bonchev–Trinajstić information content (AvgIpc) is 2.87. The number of fused-ring (bicyclic) bond motifs is 2. The summed E-state index contributed by atoms with van der Waals surface area (Å²) >= 11 is 4.19. The van der Waals surface area contributed by atoms with Gasteiger partial charge in [-0.1, -0.05) is 33.1 Å². The Morgan fingerprint density at radius 3 is 1.97 bits per heavy atom. The summed E-state index contributed by atoms with van der Waals surface area (Å²) in [6.45, 7) is 2.49. The smallest absolute Gasteiger partial charge is 0.274 e. The number of benzene rings is 3. The molecule has 0 radical (unpaired) electrons. The highest BCUT2D eigenvalue weighted by molar-refractivity contribution is 14.1. The van der Waals surface area contributed by atoms with Crippen LogP contribution in [-0.2, 0) is 25.9 Å². The van der Waals surface area contributed by atoms with Crippen molar-refractivity contribution >= 4 is 62.5 Å². The molecule has 202 valence electrons. The zero-order valence-corrected chi connectivity index (χ0v) is 23.4. The molecule has 0 spiro atoms. The van der Waals surface area contributed by atoms with Crippen molar-refractivity contribution in [2.75, 3.05) is 13.1 Å². The third-order valence-electron chi connectivity index (χ3n) is 6.13. The molecule has 2 aliphatic rings. The van der Waals surface area contributed by atoms with Crippen LogP contribution in [0.3, 0.4) is 0 Å². The largest absolute Gasteiger partial charge is 0.334 e. The van der Waals surface area contributed by atoms with Crippen LogP contribution in [0.25, 0.3) is 0 Å². The van der Waals surface area contributed by atoms with Gasteiger partial charge in [0.25, 0.3) is 17.3 Å². The Hall–Kier alpha value is -2.65. The lowest BCUT2D eigenvalue weighted by Gasteiger charge is -2.29. The first-order valence-corrected chi connectivity index (χ1v) is 13.4. The fraction of sp³-hybridized carbons (Fsp3) is 0.296. The number of nitrogens with zero attached hydrogens (tertiary/aromatic N) is 3. The number of nitro benzene ring substituents is 2. The van der Waals surface area contributed by atoms with E-state index in [2.05, 4.69) is 50.5 Å². The van der Waals surface area contributed by atoms with Gasteiger partial charge in [0, 0.05) is 55.6 Å². The van der Waals surface area contributed by atoms with Crippen LogP contribution >= 0.6 is 45.2 Å². The summed E-state index contributed by atoms with van der Waals surface area (Å²) in [6.07, 6.45) is 1.27. The van der Waals surface area contributed by atoms with Crippen molar-refractivity contribution in [3.8, 4) is 0 Å². The summed E-state index contributed by atoms with van der Waals surface area (Å²) in [7, 11) is 0. The van der Waals surface area contributed by atoms with Crippen molar-refractivity contribution in [2.24, 2.45) is 0 Å². The minimum atomic E-state index is -0.338. The Labute approximate surface area is 249 Å². The SMILES string of the molecule is C.C.O=C(c1ccccc1)N1CCc2c(cc(I)cc2[N+](=O)[O-])C1.O=[N+]([O-])c1cc(I)cc2c1CCNC2. The highest BCUT2D eigenvalue weighted by atomic mass is 127. The van der Waals surface area contributed by atoms with Crippen molar-refractivity contribution in [1.82, 2.24) is 10.2 Å². The molecular weight excluding hydrogens is 714 g/mol. The van der Waals surface area contributed by atoms with Gasteiger partial charge in [0.05, 0.1) is 9.85 Å². The fourth-order valence-electron chi connectivity index (χ4n) is 4.46. The second kappa shape index (κ2) is 13.9. The van der Waals surface area contributed by atoms with E-state index >= 15 is 0 Å². The molecular formula is C27H30I2N4O5. The molecule has 2 heterocycles. The number of carbonyl (C=O) groups is 1. The molecule has 9 nitrogen and oxygen atoms in total. The number of hydrogen-bond acceptors (Lipinski definition) is 6. The Morgan fingerprint density at radius 2 is 1.39 bits per heavy atom. The molecule has 38 heavy (non-hydrogen) atoms. The van der Waals surface area contributed by atoms with Crippen LogP contribution in [0.2, 0.25) is 0 Å². The van der Waals surface area contributed by atoms with Gasteiger partial charge in [0.1, 0.15) is 0 Å². The Kier molecular flexibility index (Phi) is 11.6. The lowest BCUT2D eigenvalue weighted by Crippen LogP contribution is -2.36. The number of amides is 1. The molecule has 3 aromatic rings. The maximum atomic E-state index is 12.5. The van der Waals surface area contributed by atoms with Crippen LogP contribution in [-0.4, -0.2) is 33.7 Å². The molecule has 0 unspecified atom stereocenters. The van der Waals surface area contributed by atoms with Crippen LogP contribution < -0.4 is 5.32 Å². The van der Waals surface area contributed by atoms with E-state index < -0.39 is 0 Å². The predicted octanol–water partition coefficient (Wildman–Crippen LogP) is 6.52. The highest BCUT2D eigenvalue weighted by Crippen LogP contribution is 2.31. The maximum Gasteiger partial charge on any atom is 0.274 e. The Bertz CT molecular complexity index is 1330. The molecule has 0 saturated carbocycles. The standard InChI is InChI=1S/C16H13IN2O3.C9H9IN2O2.2CH4/c17-13-8-12-10-18(16(20)11-4-2-1-3-5-11)7-6-14(12)15(9-13)19(21)22;10-7-3-6-5-11-2-1-8(6)9(4-7)12(13)14;;/h1-5,8-9H,6-7,10H2;3-4,11H,1-2,5H2;2*1H4. The van der Waals surface area contributed by atoms with E-state index in [1.807, 2.05) is 30.3 Å². The molecule has 0 bridgehead atoms. The molecule has 3 aromatic carbocycles. The highest BCUT2D eigenvalue weighted by Gasteiger charge is 2.27. The number of rotatable bonds is 3. The molecule has 2 aliphatic heterocycles. The maximum absolute atomic E-state index is 12.5. The third kappa shape index (κ3) is 7.26. The van der Waals surface area contributed by atoms with Crippen LogP contribution in [0.15, 0.2) is 54.6 Å². The van der Waals surface area contributed by atoms with E-state index in [9.17, 15) is 25.0 Å². The van der Waals surface area contributed by atoms with E-state index in [0.717, 1.165) is 48.9 Å². The first kappa shape index (κ1) is 31.6. The number of nitro groups is 2. The third-order valence-corrected chi connectivity index (χ3v) is 7.37. The minimum absolute atomic E-state index is 0. The van der Waals surface area contributed by atoms with Gasteiger partial charge in [0.15, 0.2) is 0 Å². The van der Waals surface area contributed by atoms with Crippen molar-refractivity contribution in [3.63, 3.8) is 0 Å². The minimum Gasteiger partial charge on any atom is -0.334 e. The summed E-state index contributed by atoms with van der Waals surface area (Å²) in [6, 6.07) is 16.3. The molecule has 1 N–H and O–H groups in total. The van der Waals surface area contributed by atoms with Gasteiger partial charge >= 0.3 is 0 Å². The van der Waals surface area contributed by atoms with Gasteiger partial charge in [0.2, 0.25) is 0 Å². The van der Waals surface area contributed by atoms with Crippen LogP contribution in [0, 0.1) is 27.4 Å². The monoisotopic (exact) mass is 744 g/mol. The second-order valence-corrected chi connectivity index (χ2v) is 10.9. The van der Waals surface area contributed by atoms with Crippen molar-refractivity contribution < 1.29 is 14.6 Å². The number of halogens is 2. The molecule has 5 rings (SSSR count). The van der Waals surface area contributed by atoms with Crippen molar-refractivity contribution in [2.45, 2.75) is 40.8 Å². The van der Waals surface area contributed by atoms with E-state index in [1.165, 1.54) is 0 Å². The van der Waals surface area contributed by atoms with Crippen LogP contribution in [0.5, 0.6) is 0 Å². The topological polar surface area (TPSA) is 119 Å². The summed E-state index contributed by atoms with van der Waals surface area (Å²) in [5.74, 6) is -0.0345. The first-order valence-electron chi connectivity index (χ1n) is 11.2. The summed E-state index contributed by atoms with van der Waals surface area (Å²) in [5.41, 5.74) is 4.66. The fourth-order valence-corrected chi connectivity index (χ4v) is 5.80. The Balaban J connectivity index is 0.000000276. The zero-order chi connectivity index (χ0) is 25.8. The molecule has 1 amide bonds. The summed E-state index contributed by atoms with van der Waals surface area (Å²) in [4.78, 5) is 35.6. The van der Waals surface area contributed by atoms with E-state index in [-0.39, 0.29) is 42.0 Å². The van der Waals surface area contributed by atoms with E-state index in [0.29, 0.717) is 25.1 Å². The molecule has 0 saturated heterocycles. The molecule has 0 aromatic heterocycles. The predicted molar refractivity (Wildman–Crippen MR) is 165 cm³/mol. The molecule has 11 heteroatoms. The average molecular weight is 744 g/mol. The first-order chi connectivity index (χ1) is 17.2. The summed E-state index contributed by atoms with van der Waals surface area (Å²) < 4.78 is 1.74. The zero-order valence-electron chi connectivity index (χ0n) is 19.1. The molecule has 0 aliphatic carbocycles. The van der Waals surface area contributed by atoms with Crippen LogP contribution in [0.4, 0.5) is 11.4 Å². The van der Waals surface area contributed by atoms with E-state index in [1.54, 1.807) is 29.2 Å². The normalized spacial score (nSPS) is 13.4. The number of hydrogen-bond donors (Lipinski definition) is 1. The number of nitrogens with one attached hydrogen (secondary N) is 1. The van der Waals surface area contributed by atoms with Crippen molar-refractivity contribution in [3.05, 3.63) is 110 Å². The van der Waals surface area contributed by atoms with Crippen LogP contribution in [0.1, 0.15) is 47.5 Å². The number of carbonyl (C=O) groups excluding carboxylic acids is 1. The molecule has 0 fully saturated rings. The van der Waals surface area contributed by atoms with Gasteiger partial charge in [-0.3, -0.25) is 25.0 Å². The van der Waals surface area contributed by atoms with Gasteiger partial charge in [-0.2, -0.15) is 0 Å². The molecule has 0 atom stereocenters. The second-order valence-electron chi connectivity index (χ2n) is 8.41. The summed E-state index contributed by atoms with van der Waals surface area (Å²) in [5, 5.41) is 25.2.